The van der Waals surface area contributed by atoms with Gasteiger partial charge in [0.15, 0.2) is 9.84 Å². The van der Waals surface area contributed by atoms with E-state index in [1.807, 2.05) is 12.1 Å². The summed E-state index contributed by atoms with van der Waals surface area (Å²) in [6.07, 6.45) is 3.40. The van der Waals surface area contributed by atoms with Crippen LogP contribution in [0.2, 0.25) is 0 Å². The van der Waals surface area contributed by atoms with Crippen LogP contribution in [0.5, 0.6) is 0 Å². The van der Waals surface area contributed by atoms with Crippen LogP contribution in [0.4, 0.5) is 11.4 Å². The zero-order valence-corrected chi connectivity index (χ0v) is 11.6. The number of hydrogen-bond donors (Lipinski definition) is 2. The SMILES string of the molecule is CCS(=O)(=O)CCNc1ccc(N)c2cnccc12. The average Bonchev–Trinajstić information content (AvgIpc) is 2.42. The summed E-state index contributed by atoms with van der Waals surface area (Å²) in [6, 6.07) is 5.51. The van der Waals surface area contributed by atoms with E-state index in [0.29, 0.717) is 12.2 Å². The maximum absolute atomic E-state index is 11.4. The van der Waals surface area contributed by atoms with E-state index in [0.717, 1.165) is 16.5 Å². The number of anilines is 2. The Balaban J connectivity index is 2.20. The fourth-order valence-corrected chi connectivity index (χ4v) is 2.55. The van der Waals surface area contributed by atoms with Crippen LogP contribution >= 0.6 is 0 Å². The lowest BCUT2D eigenvalue weighted by Gasteiger charge is -2.11. The van der Waals surface area contributed by atoms with Crippen molar-refractivity contribution in [1.29, 1.82) is 0 Å². The molecule has 0 saturated carbocycles. The van der Waals surface area contributed by atoms with Crippen molar-refractivity contribution in [3.05, 3.63) is 30.6 Å². The number of nitrogens with one attached hydrogen (secondary N) is 1. The number of pyridine rings is 1. The summed E-state index contributed by atoms with van der Waals surface area (Å²) in [4.78, 5) is 4.04. The Hall–Kier alpha value is -1.82. The standard InChI is InChI=1S/C13H17N3O2S/c1-2-19(17,18)8-7-16-13-4-3-12(14)11-9-15-6-5-10(11)13/h3-6,9,16H,2,7-8,14H2,1H3. The summed E-state index contributed by atoms with van der Waals surface area (Å²) >= 11 is 0. The highest BCUT2D eigenvalue weighted by Gasteiger charge is 2.08. The van der Waals surface area contributed by atoms with E-state index >= 15 is 0 Å². The number of nitrogens with zero attached hydrogens (tertiary/aromatic N) is 1. The van der Waals surface area contributed by atoms with Gasteiger partial charge in [0.1, 0.15) is 0 Å². The van der Waals surface area contributed by atoms with Crippen LogP contribution in [0.25, 0.3) is 10.8 Å². The van der Waals surface area contributed by atoms with Gasteiger partial charge in [-0.05, 0) is 18.2 Å². The van der Waals surface area contributed by atoms with Crippen molar-refractivity contribution in [3.8, 4) is 0 Å². The van der Waals surface area contributed by atoms with Gasteiger partial charge in [-0.25, -0.2) is 8.42 Å². The molecule has 0 spiro atoms. The summed E-state index contributed by atoms with van der Waals surface area (Å²) in [5, 5.41) is 4.96. The molecule has 0 fully saturated rings. The van der Waals surface area contributed by atoms with Crippen LogP contribution in [0, 0.1) is 0 Å². The first-order valence-corrected chi connectivity index (χ1v) is 7.92. The van der Waals surface area contributed by atoms with Crippen molar-refractivity contribution in [1.82, 2.24) is 4.98 Å². The minimum Gasteiger partial charge on any atom is -0.398 e. The predicted molar refractivity (Wildman–Crippen MR) is 79.0 cm³/mol. The number of fused-ring (bicyclic) bond motifs is 1. The van der Waals surface area contributed by atoms with E-state index in [4.69, 9.17) is 5.73 Å². The Morgan fingerprint density at radius 1 is 1.26 bits per heavy atom. The highest BCUT2D eigenvalue weighted by Crippen LogP contribution is 2.27. The van der Waals surface area contributed by atoms with E-state index < -0.39 is 9.84 Å². The third kappa shape index (κ3) is 3.14. The summed E-state index contributed by atoms with van der Waals surface area (Å²) in [5.41, 5.74) is 7.42. The largest absolute Gasteiger partial charge is 0.398 e. The van der Waals surface area contributed by atoms with E-state index in [-0.39, 0.29) is 11.5 Å². The van der Waals surface area contributed by atoms with Gasteiger partial charge in [-0.3, -0.25) is 4.98 Å². The second-order valence-electron chi connectivity index (χ2n) is 4.29. The molecule has 0 bridgehead atoms. The first-order chi connectivity index (χ1) is 9.03. The monoisotopic (exact) mass is 279 g/mol. The molecule has 1 heterocycles. The normalized spacial score (nSPS) is 11.6. The third-order valence-electron chi connectivity index (χ3n) is 3.02. The molecule has 3 N–H and O–H groups in total. The first kappa shape index (κ1) is 13.6. The molecule has 0 unspecified atom stereocenters. The summed E-state index contributed by atoms with van der Waals surface area (Å²) < 4.78 is 22.9. The smallest absolute Gasteiger partial charge is 0.151 e. The molecule has 0 aliphatic rings. The van der Waals surface area contributed by atoms with E-state index in [2.05, 4.69) is 10.3 Å². The van der Waals surface area contributed by atoms with Gasteiger partial charge in [-0.2, -0.15) is 0 Å². The molecule has 6 heteroatoms. The van der Waals surface area contributed by atoms with Crippen molar-refractivity contribution in [2.75, 3.05) is 29.1 Å². The van der Waals surface area contributed by atoms with Gasteiger partial charge in [0.05, 0.1) is 5.75 Å². The zero-order chi connectivity index (χ0) is 13.9. The van der Waals surface area contributed by atoms with E-state index in [1.54, 1.807) is 25.4 Å². The van der Waals surface area contributed by atoms with Crippen LogP contribution in [0.15, 0.2) is 30.6 Å². The van der Waals surface area contributed by atoms with Gasteiger partial charge in [0, 0.05) is 46.8 Å². The quantitative estimate of drug-likeness (QED) is 0.813. The van der Waals surface area contributed by atoms with Crippen molar-refractivity contribution in [2.45, 2.75) is 6.92 Å². The first-order valence-electron chi connectivity index (χ1n) is 6.10. The molecule has 102 valence electrons. The number of aromatic nitrogens is 1. The van der Waals surface area contributed by atoms with Gasteiger partial charge in [0.2, 0.25) is 0 Å². The summed E-state index contributed by atoms with van der Waals surface area (Å²) in [7, 11) is -2.95. The van der Waals surface area contributed by atoms with Crippen LogP contribution in [0.3, 0.4) is 0 Å². The number of nitrogen functional groups attached to an aromatic ring is 1. The van der Waals surface area contributed by atoms with E-state index in [9.17, 15) is 8.42 Å². The van der Waals surface area contributed by atoms with Crippen molar-refractivity contribution >= 4 is 32.0 Å². The molecule has 0 aliphatic carbocycles. The molecule has 19 heavy (non-hydrogen) atoms. The second-order valence-corrected chi connectivity index (χ2v) is 6.76. The highest BCUT2D eigenvalue weighted by molar-refractivity contribution is 7.91. The molecule has 0 amide bonds. The molecule has 0 radical (unpaired) electrons. The Kier molecular flexibility index (Phi) is 3.90. The lowest BCUT2D eigenvalue weighted by atomic mass is 10.1. The molecule has 0 aliphatic heterocycles. The Morgan fingerprint density at radius 2 is 2.05 bits per heavy atom. The lowest BCUT2D eigenvalue weighted by Crippen LogP contribution is -2.17. The molecular formula is C13H17N3O2S. The predicted octanol–water partition coefficient (Wildman–Crippen LogP) is 1.66. The molecule has 1 aromatic carbocycles. The number of sulfone groups is 1. The topological polar surface area (TPSA) is 85.1 Å². The van der Waals surface area contributed by atoms with Crippen LogP contribution in [-0.4, -0.2) is 31.5 Å². The number of hydrogen-bond acceptors (Lipinski definition) is 5. The fraction of sp³-hybridized carbons (Fsp3) is 0.308. The Bertz CT molecular complexity index is 683. The average molecular weight is 279 g/mol. The maximum Gasteiger partial charge on any atom is 0.151 e. The van der Waals surface area contributed by atoms with E-state index in [1.165, 1.54) is 0 Å². The highest BCUT2D eigenvalue weighted by atomic mass is 32.2. The molecule has 0 saturated heterocycles. The minimum absolute atomic E-state index is 0.125. The van der Waals surface area contributed by atoms with Crippen molar-refractivity contribution in [2.24, 2.45) is 0 Å². The lowest BCUT2D eigenvalue weighted by molar-refractivity contribution is 0.597. The molecule has 1 aromatic heterocycles. The fourth-order valence-electron chi connectivity index (χ4n) is 1.85. The third-order valence-corrected chi connectivity index (χ3v) is 4.73. The molecule has 2 rings (SSSR count). The Labute approximate surface area is 112 Å². The molecular weight excluding hydrogens is 262 g/mol. The summed E-state index contributed by atoms with van der Waals surface area (Å²) in [6.45, 7) is 2.04. The number of nitrogens with two attached hydrogens (primary N) is 1. The maximum atomic E-state index is 11.4. The molecule has 5 nitrogen and oxygen atoms in total. The van der Waals surface area contributed by atoms with Crippen LogP contribution in [0.1, 0.15) is 6.92 Å². The van der Waals surface area contributed by atoms with Gasteiger partial charge >= 0.3 is 0 Å². The van der Waals surface area contributed by atoms with Crippen LogP contribution in [-0.2, 0) is 9.84 Å². The van der Waals surface area contributed by atoms with Gasteiger partial charge in [-0.1, -0.05) is 6.92 Å². The zero-order valence-electron chi connectivity index (χ0n) is 10.8. The molecule has 0 atom stereocenters. The van der Waals surface area contributed by atoms with Crippen LogP contribution < -0.4 is 11.1 Å². The second kappa shape index (κ2) is 5.44. The van der Waals surface area contributed by atoms with Crippen molar-refractivity contribution < 1.29 is 8.42 Å². The van der Waals surface area contributed by atoms with Gasteiger partial charge in [-0.15, -0.1) is 0 Å². The number of rotatable bonds is 5. The summed E-state index contributed by atoms with van der Waals surface area (Å²) in [5.74, 6) is 0.293. The Morgan fingerprint density at radius 3 is 2.79 bits per heavy atom. The van der Waals surface area contributed by atoms with Gasteiger partial charge < -0.3 is 11.1 Å². The minimum atomic E-state index is -2.95. The van der Waals surface area contributed by atoms with Gasteiger partial charge in [0.25, 0.3) is 0 Å². The number of benzene rings is 1. The molecule has 2 aromatic rings. The van der Waals surface area contributed by atoms with Crippen molar-refractivity contribution in [3.63, 3.8) is 0 Å².